The molecule has 1 aromatic heterocycles. The molecular weight excluding hydrogens is 330 g/mol. The minimum atomic E-state index is 0.527. The zero-order valence-corrected chi connectivity index (χ0v) is 14.2. The summed E-state index contributed by atoms with van der Waals surface area (Å²) in [7, 11) is 4.70. The molecule has 1 heterocycles. The summed E-state index contributed by atoms with van der Waals surface area (Å²) in [5, 5.41) is 9.02. The summed E-state index contributed by atoms with van der Waals surface area (Å²) in [6.45, 7) is 0. The average Bonchev–Trinajstić information content (AvgIpc) is 3.10. The molecule has 0 radical (unpaired) electrons. The molecule has 24 heavy (non-hydrogen) atoms. The van der Waals surface area contributed by atoms with Gasteiger partial charge in [0.25, 0.3) is 0 Å². The largest absolute Gasteiger partial charge is 0.493 e. The maximum atomic E-state index is 6.03. The van der Waals surface area contributed by atoms with E-state index in [1.54, 1.807) is 38.1 Å². The van der Waals surface area contributed by atoms with Crippen molar-refractivity contribution in [3.05, 3.63) is 47.6 Å². The van der Waals surface area contributed by atoms with Gasteiger partial charge in [-0.2, -0.15) is 0 Å². The van der Waals surface area contributed by atoms with Crippen LogP contribution in [0.1, 0.15) is 0 Å². The van der Waals surface area contributed by atoms with Crippen molar-refractivity contribution in [3.63, 3.8) is 0 Å². The minimum absolute atomic E-state index is 0.527. The fraction of sp³-hybridized carbons (Fsp3) is 0.176. The van der Waals surface area contributed by atoms with Gasteiger partial charge in [0, 0.05) is 22.7 Å². The summed E-state index contributed by atoms with van der Waals surface area (Å²) in [5.74, 6) is 1.62. The first-order valence-corrected chi connectivity index (χ1v) is 7.52. The Morgan fingerprint density at radius 1 is 0.958 bits per heavy atom. The quantitative estimate of drug-likeness (QED) is 0.707. The number of aromatic nitrogens is 3. The summed E-state index contributed by atoms with van der Waals surface area (Å²) >= 11 is 6.03. The lowest BCUT2D eigenvalue weighted by atomic mass is 10.2. The molecule has 0 aliphatic carbocycles. The van der Waals surface area contributed by atoms with Crippen LogP contribution in [0, 0.1) is 0 Å². The lowest BCUT2D eigenvalue weighted by molar-refractivity contribution is 0.324. The third-order valence-corrected chi connectivity index (χ3v) is 3.76. The van der Waals surface area contributed by atoms with E-state index in [0.29, 0.717) is 28.0 Å². The summed E-state index contributed by atoms with van der Waals surface area (Å²) < 4.78 is 17.7. The van der Waals surface area contributed by atoms with E-state index < -0.39 is 0 Å². The highest BCUT2D eigenvalue weighted by atomic mass is 35.5. The first kappa shape index (κ1) is 16.1. The highest BCUT2D eigenvalue weighted by Gasteiger charge is 2.15. The molecule has 7 heteroatoms. The predicted molar refractivity (Wildman–Crippen MR) is 91.5 cm³/mol. The smallest absolute Gasteiger partial charge is 0.203 e. The number of hydrogen-bond acceptors (Lipinski definition) is 5. The van der Waals surface area contributed by atoms with Crippen molar-refractivity contribution in [2.45, 2.75) is 0 Å². The number of rotatable bonds is 5. The topological polar surface area (TPSA) is 58.4 Å². The Balaban J connectivity index is 2.04. The number of halogens is 1. The van der Waals surface area contributed by atoms with Gasteiger partial charge in [-0.3, -0.25) is 0 Å². The summed E-state index contributed by atoms with van der Waals surface area (Å²) in [6, 6.07) is 11.1. The van der Waals surface area contributed by atoms with Gasteiger partial charge in [0.2, 0.25) is 5.75 Å². The zero-order valence-electron chi connectivity index (χ0n) is 13.5. The number of benzene rings is 2. The molecule has 0 bridgehead atoms. The molecule has 0 aliphatic heterocycles. The Bertz CT molecular complexity index is 839. The van der Waals surface area contributed by atoms with Gasteiger partial charge in [-0.05, 0) is 12.1 Å². The fourth-order valence-corrected chi connectivity index (χ4v) is 2.56. The van der Waals surface area contributed by atoms with Crippen molar-refractivity contribution >= 4 is 11.6 Å². The third-order valence-electron chi connectivity index (χ3n) is 3.53. The van der Waals surface area contributed by atoms with Gasteiger partial charge in [-0.15, -0.1) is 5.10 Å². The van der Waals surface area contributed by atoms with Crippen LogP contribution < -0.4 is 14.2 Å². The van der Waals surface area contributed by atoms with Gasteiger partial charge in [0.15, 0.2) is 11.5 Å². The Morgan fingerprint density at radius 3 is 2.25 bits per heavy atom. The molecule has 0 amide bonds. The second kappa shape index (κ2) is 6.80. The fourth-order valence-electron chi connectivity index (χ4n) is 2.37. The monoisotopic (exact) mass is 345 g/mol. The van der Waals surface area contributed by atoms with Crippen molar-refractivity contribution in [1.82, 2.24) is 15.0 Å². The number of nitrogens with zero attached hydrogens (tertiary/aromatic N) is 3. The van der Waals surface area contributed by atoms with E-state index in [1.165, 1.54) is 0 Å². The second-order valence-corrected chi connectivity index (χ2v) is 5.38. The molecular formula is C17H16ClN3O3. The molecule has 0 unspecified atom stereocenters. The van der Waals surface area contributed by atoms with Crippen LogP contribution in [0.15, 0.2) is 42.6 Å². The molecule has 0 saturated heterocycles. The van der Waals surface area contributed by atoms with E-state index in [1.807, 2.05) is 30.5 Å². The molecule has 3 rings (SSSR count). The first-order valence-electron chi connectivity index (χ1n) is 7.15. The molecule has 0 N–H and O–H groups in total. The maximum absolute atomic E-state index is 6.03. The molecule has 0 saturated carbocycles. The van der Waals surface area contributed by atoms with Crippen molar-refractivity contribution < 1.29 is 14.2 Å². The SMILES string of the molecule is COc1cc(-n2cc(-c3cccc(Cl)c3)nn2)cc(OC)c1OC. The lowest BCUT2D eigenvalue weighted by Crippen LogP contribution is -2.00. The van der Waals surface area contributed by atoms with E-state index in [0.717, 1.165) is 11.3 Å². The van der Waals surface area contributed by atoms with Gasteiger partial charge in [0.05, 0.1) is 33.2 Å². The van der Waals surface area contributed by atoms with Gasteiger partial charge in [-0.25, -0.2) is 4.68 Å². The second-order valence-electron chi connectivity index (χ2n) is 4.94. The van der Waals surface area contributed by atoms with Crippen molar-refractivity contribution in [2.24, 2.45) is 0 Å². The molecule has 2 aromatic carbocycles. The Kier molecular flexibility index (Phi) is 4.57. The van der Waals surface area contributed by atoms with Gasteiger partial charge >= 0.3 is 0 Å². The van der Waals surface area contributed by atoms with Crippen LogP contribution in [0.4, 0.5) is 0 Å². The van der Waals surface area contributed by atoms with Gasteiger partial charge < -0.3 is 14.2 Å². The van der Waals surface area contributed by atoms with Crippen molar-refractivity contribution in [2.75, 3.05) is 21.3 Å². The van der Waals surface area contributed by atoms with Crippen LogP contribution in [0.3, 0.4) is 0 Å². The number of hydrogen-bond donors (Lipinski definition) is 0. The number of methoxy groups -OCH3 is 3. The third kappa shape index (κ3) is 3.00. The predicted octanol–water partition coefficient (Wildman–Crippen LogP) is 3.61. The zero-order chi connectivity index (χ0) is 17.1. The first-order chi connectivity index (χ1) is 11.7. The van der Waals surface area contributed by atoms with Crippen LogP contribution in [0.25, 0.3) is 16.9 Å². The molecule has 0 aliphatic rings. The van der Waals surface area contributed by atoms with E-state index >= 15 is 0 Å². The molecule has 124 valence electrons. The van der Waals surface area contributed by atoms with Crippen LogP contribution in [-0.2, 0) is 0 Å². The normalized spacial score (nSPS) is 10.5. The lowest BCUT2D eigenvalue weighted by Gasteiger charge is -2.13. The summed E-state index contributed by atoms with van der Waals surface area (Å²) in [4.78, 5) is 0. The number of ether oxygens (including phenoxy) is 3. The van der Waals surface area contributed by atoms with Crippen LogP contribution >= 0.6 is 11.6 Å². The van der Waals surface area contributed by atoms with Gasteiger partial charge in [-0.1, -0.05) is 28.9 Å². The molecule has 3 aromatic rings. The Labute approximate surface area is 144 Å². The Morgan fingerprint density at radius 2 is 1.67 bits per heavy atom. The minimum Gasteiger partial charge on any atom is -0.493 e. The molecule has 0 spiro atoms. The van der Waals surface area contributed by atoms with Crippen molar-refractivity contribution in [1.29, 1.82) is 0 Å². The summed E-state index contributed by atoms with van der Waals surface area (Å²) in [5.41, 5.74) is 2.35. The summed E-state index contributed by atoms with van der Waals surface area (Å²) in [6.07, 6.45) is 1.81. The molecule has 6 nitrogen and oxygen atoms in total. The van der Waals surface area contributed by atoms with E-state index in [9.17, 15) is 0 Å². The van der Waals surface area contributed by atoms with Gasteiger partial charge in [0.1, 0.15) is 5.69 Å². The van der Waals surface area contributed by atoms with Crippen LogP contribution in [0.5, 0.6) is 17.2 Å². The van der Waals surface area contributed by atoms with E-state index in [2.05, 4.69) is 10.3 Å². The van der Waals surface area contributed by atoms with Crippen molar-refractivity contribution in [3.8, 4) is 34.2 Å². The molecule has 0 fully saturated rings. The van der Waals surface area contributed by atoms with Crippen LogP contribution in [-0.4, -0.2) is 36.3 Å². The highest BCUT2D eigenvalue weighted by Crippen LogP contribution is 2.39. The Hall–Kier alpha value is -2.73. The van der Waals surface area contributed by atoms with E-state index in [-0.39, 0.29) is 0 Å². The van der Waals surface area contributed by atoms with Crippen LogP contribution in [0.2, 0.25) is 5.02 Å². The highest BCUT2D eigenvalue weighted by molar-refractivity contribution is 6.30. The standard InChI is InChI=1S/C17H16ClN3O3/c1-22-15-8-13(9-16(23-2)17(15)24-3)21-10-14(19-20-21)11-5-4-6-12(18)7-11/h4-10H,1-3H3. The molecule has 0 atom stereocenters. The average molecular weight is 346 g/mol. The maximum Gasteiger partial charge on any atom is 0.203 e. The van der Waals surface area contributed by atoms with E-state index in [4.69, 9.17) is 25.8 Å².